The predicted octanol–water partition coefficient (Wildman–Crippen LogP) is 7.17. The van der Waals surface area contributed by atoms with Gasteiger partial charge in [0, 0.05) is 12.5 Å². The first kappa shape index (κ1) is 26.2. The molecule has 0 aliphatic heterocycles. The number of rotatable bonds is 8. The third-order valence-electron chi connectivity index (χ3n) is 7.32. The molecule has 2 fully saturated rings. The summed E-state index contributed by atoms with van der Waals surface area (Å²) in [4.78, 5) is 23.1. The number of halogens is 4. The fraction of sp³-hybridized carbons (Fsp3) is 0.615. The number of ether oxygens (including phenoxy) is 1. The molecule has 0 aromatic heterocycles. The van der Waals surface area contributed by atoms with Gasteiger partial charge in [0.2, 0.25) is 0 Å². The van der Waals surface area contributed by atoms with Gasteiger partial charge in [0.15, 0.2) is 11.6 Å². The maximum absolute atomic E-state index is 14.3. The van der Waals surface area contributed by atoms with Gasteiger partial charge in [-0.15, -0.1) is 0 Å². The van der Waals surface area contributed by atoms with Gasteiger partial charge in [0.25, 0.3) is 0 Å². The van der Waals surface area contributed by atoms with Gasteiger partial charge in [-0.1, -0.05) is 25.3 Å². The molecule has 188 valence electrons. The molecule has 4 nitrogen and oxygen atoms in total. The summed E-state index contributed by atoms with van der Waals surface area (Å²) in [7, 11) is 0. The maximum atomic E-state index is 14.3. The Morgan fingerprint density at radius 2 is 1.62 bits per heavy atom. The van der Waals surface area contributed by atoms with Gasteiger partial charge < -0.3 is 9.84 Å². The third-order valence-corrected chi connectivity index (χ3v) is 7.32. The molecular weight excluding hydrogens is 452 g/mol. The van der Waals surface area contributed by atoms with E-state index in [0.717, 1.165) is 50.7 Å². The van der Waals surface area contributed by atoms with Crippen LogP contribution in [0.15, 0.2) is 24.3 Å². The molecule has 0 atom stereocenters. The summed E-state index contributed by atoms with van der Waals surface area (Å²) in [5.74, 6) is -1.26. The van der Waals surface area contributed by atoms with Crippen LogP contribution >= 0.6 is 0 Å². The van der Waals surface area contributed by atoms with E-state index >= 15 is 0 Å². The molecule has 0 saturated heterocycles. The second-order valence-electron chi connectivity index (χ2n) is 9.68. The predicted molar refractivity (Wildman–Crippen MR) is 120 cm³/mol. The molecule has 1 aromatic rings. The monoisotopic (exact) mass is 484 g/mol. The van der Waals surface area contributed by atoms with Crippen LogP contribution < -0.4 is 4.74 Å². The number of carbonyl (C=O) groups is 2. The molecule has 8 heteroatoms. The fourth-order valence-electron chi connectivity index (χ4n) is 5.43. The molecule has 1 N–H and O–H groups in total. The summed E-state index contributed by atoms with van der Waals surface area (Å²) in [5.41, 5.74) is 0.357. The minimum atomic E-state index is -4.06. The Kier molecular flexibility index (Phi) is 9.14. The molecule has 0 unspecified atom stereocenters. The van der Waals surface area contributed by atoms with Crippen LogP contribution in [-0.2, 0) is 9.59 Å². The molecule has 34 heavy (non-hydrogen) atoms. The SMILES string of the molecule is O=C(O)/C=C/c1ccc(OC(=O)C2CCC(C3CCC(CCCC(F)(F)F)CC3)CC2)c(F)c1. The summed E-state index contributed by atoms with van der Waals surface area (Å²) in [6, 6.07) is 3.94. The summed E-state index contributed by atoms with van der Waals surface area (Å²) in [5, 5.41) is 8.65. The zero-order valence-electron chi connectivity index (χ0n) is 19.2. The number of carboxylic acid groups (broad SMARTS) is 1. The van der Waals surface area contributed by atoms with Crippen LogP contribution in [0.2, 0.25) is 0 Å². The van der Waals surface area contributed by atoms with E-state index in [4.69, 9.17) is 9.84 Å². The first-order valence-electron chi connectivity index (χ1n) is 12.1. The lowest BCUT2D eigenvalue weighted by Crippen LogP contribution is -2.30. The molecule has 0 spiro atoms. The van der Waals surface area contributed by atoms with Crippen molar-refractivity contribution < 1.29 is 37.0 Å². The Bertz CT molecular complexity index is 864. The first-order valence-corrected chi connectivity index (χ1v) is 12.1. The second kappa shape index (κ2) is 11.8. The van der Waals surface area contributed by atoms with Gasteiger partial charge >= 0.3 is 18.1 Å². The number of esters is 1. The van der Waals surface area contributed by atoms with Crippen molar-refractivity contribution in [1.82, 2.24) is 0 Å². The van der Waals surface area contributed by atoms with Gasteiger partial charge in [-0.3, -0.25) is 4.79 Å². The quantitative estimate of drug-likeness (QED) is 0.184. The van der Waals surface area contributed by atoms with E-state index in [1.807, 2.05) is 0 Å². The van der Waals surface area contributed by atoms with E-state index in [2.05, 4.69) is 0 Å². The highest BCUT2D eigenvalue weighted by Crippen LogP contribution is 2.43. The average molecular weight is 485 g/mol. The number of benzene rings is 1. The van der Waals surface area contributed by atoms with Crippen molar-refractivity contribution in [3.63, 3.8) is 0 Å². The Hall–Kier alpha value is -2.38. The number of carboxylic acids is 1. The lowest BCUT2D eigenvalue weighted by Gasteiger charge is -2.37. The van der Waals surface area contributed by atoms with Crippen LogP contribution in [0.1, 0.15) is 76.2 Å². The van der Waals surface area contributed by atoms with Gasteiger partial charge in [-0.05, 0) is 86.5 Å². The smallest absolute Gasteiger partial charge is 0.389 e. The minimum Gasteiger partial charge on any atom is -0.478 e. The maximum Gasteiger partial charge on any atom is 0.389 e. The van der Waals surface area contributed by atoms with Gasteiger partial charge in [0.05, 0.1) is 5.92 Å². The fourth-order valence-corrected chi connectivity index (χ4v) is 5.43. The zero-order chi connectivity index (χ0) is 24.7. The average Bonchev–Trinajstić information content (AvgIpc) is 2.79. The van der Waals surface area contributed by atoms with E-state index in [1.165, 1.54) is 18.2 Å². The van der Waals surface area contributed by atoms with Crippen LogP contribution in [-0.4, -0.2) is 23.2 Å². The van der Waals surface area contributed by atoms with Crippen molar-refractivity contribution >= 4 is 18.0 Å². The minimum absolute atomic E-state index is 0.163. The van der Waals surface area contributed by atoms with Gasteiger partial charge in [0.1, 0.15) is 0 Å². The first-order chi connectivity index (χ1) is 16.1. The number of hydrogen-bond acceptors (Lipinski definition) is 3. The lowest BCUT2D eigenvalue weighted by molar-refractivity contribution is -0.140. The van der Waals surface area contributed by atoms with Crippen LogP contribution in [0, 0.1) is 29.5 Å². The molecule has 0 bridgehead atoms. The number of hydrogen-bond donors (Lipinski definition) is 1. The largest absolute Gasteiger partial charge is 0.478 e. The Balaban J connectivity index is 1.40. The Labute approximate surface area is 197 Å². The molecular formula is C26H32F4O4. The summed E-state index contributed by atoms with van der Waals surface area (Å²) < 4.78 is 56.6. The lowest BCUT2D eigenvalue weighted by atomic mass is 9.68. The van der Waals surface area contributed by atoms with Crippen molar-refractivity contribution in [3.8, 4) is 5.75 Å². The molecule has 1 aromatic carbocycles. The van der Waals surface area contributed by atoms with E-state index in [9.17, 15) is 27.2 Å². The number of aliphatic carboxylic acids is 1. The van der Waals surface area contributed by atoms with Crippen LogP contribution in [0.5, 0.6) is 5.75 Å². The molecule has 0 radical (unpaired) electrons. The number of alkyl halides is 3. The van der Waals surface area contributed by atoms with Gasteiger partial charge in [-0.2, -0.15) is 13.2 Å². The Morgan fingerprint density at radius 1 is 1.00 bits per heavy atom. The topological polar surface area (TPSA) is 63.6 Å². The standard InChI is InChI=1S/C26H32F4O4/c27-22-16-18(6-14-24(31)32)5-13-23(22)34-25(33)21-11-9-20(10-12-21)19-7-3-17(4-8-19)2-1-15-26(28,29)30/h5-6,13-14,16-17,19-21H,1-4,7-12,15H2,(H,31,32)/b14-6+. The van der Waals surface area contributed by atoms with E-state index < -0.39 is 30.4 Å². The Morgan fingerprint density at radius 3 is 2.18 bits per heavy atom. The van der Waals surface area contributed by atoms with E-state index in [1.54, 1.807) is 0 Å². The second-order valence-corrected chi connectivity index (χ2v) is 9.68. The van der Waals surface area contributed by atoms with Crippen molar-refractivity contribution in [2.75, 3.05) is 0 Å². The third kappa shape index (κ3) is 8.13. The number of carbonyl (C=O) groups excluding carboxylic acids is 1. The summed E-state index contributed by atoms with van der Waals surface area (Å²) in [6.45, 7) is 0. The molecule has 2 aliphatic rings. The van der Waals surface area contributed by atoms with Crippen LogP contribution in [0.3, 0.4) is 0 Å². The molecule has 3 rings (SSSR count). The van der Waals surface area contributed by atoms with E-state index in [-0.39, 0.29) is 18.1 Å². The van der Waals surface area contributed by atoms with Crippen molar-refractivity contribution in [1.29, 1.82) is 0 Å². The normalized spacial score (nSPS) is 25.9. The highest BCUT2D eigenvalue weighted by Gasteiger charge is 2.34. The summed E-state index contributed by atoms with van der Waals surface area (Å²) in [6.07, 6.45) is 5.54. The van der Waals surface area contributed by atoms with E-state index in [0.29, 0.717) is 42.6 Å². The molecule has 2 aliphatic carbocycles. The summed E-state index contributed by atoms with van der Waals surface area (Å²) >= 11 is 0. The van der Waals surface area contributed by atoms with Crippen LogP contribution in [0.25, 0.3) is 6.08 Å². The van der Waals surface area contributed by atoms with Crippen LogP contribution in [0.4, 0.5) is 17.6 Å². The van der Waals surface area contributed by atoms with Crippen molar-refractivity contribution in [3.05, 3.63) is 35.7 Å². The van der Waals surface area contributed by atoms with Crippen molar-refractivity contribution in [2.45, 2.75) is 76.8 Å². The highest BCUT2D eigenvalue weighted by atomic mass is 19.4. The molecule has 0 heterocycles. The highest BCUT2D eigenvalue weighted by molar-refractivity contribution is 5.85. The molecule has 2 saturated carbocycles. The van der Waals surface area contributed by atoms with Gasteiger partial charge in [-0.25, -0.2) is 9.18 Å². The van der Waals surface area contributed by atoms with Crippen molar-refractivity contribution in [2.24, 2.45) is 23.7 Å². The zero-order valence-corrected chi connectivity index (χ0v) is 19.2. The molecule has 0 amide bonds.